The van der Waals surface area contributed by atoms with E-state index in [1.807, 2.05) is 17.4 Å². The lowest BCUT2D eigenvalue weighted by Gasteiger charge is -2.37. The number of benzene rings is 1. The molecule has 0 spiro atoms. The van der Waals surface area contributed by atoms with E-state index in [-0.39, 0.29) is 0 Å². The summed E-state index contributed by atoms with van der Waals surface area (Å²) in [6.07, 6.45) is 0.306. The van der Waals surface area contributed by atoms with E-state index in [9.17, 15) is 0 Å². The summed E-state index contributed by atoms with van der Waals surface area (Å²) in [5, 5.41) is 5.82. The summed E-state index contributed by atoms with van der Waals surface area (Å²) in [4.78, 5) is 3.97. The molecule has 0 bridgehead atoms. The van der Waals surface area contributed by atoms with Gasteiger partial charge >= 0.3 is 0 Å². The normalized spacial score (nSPS) is 19.7. The molecule has 0 amide bonds. The maximum absolute atomic E-state index is 5.71. The van der Waals surface area contributed by atoms with Gasteiger partial charge in [0.25, 0.3) is 0 Å². The first-order chi connectivity index (χ1) is 12.2. The van der Waals surface area contributed by atoms with Crippen molar-refractivity contribution in [2.75, 3.05) is 33.4 Å². The van der Waals surface area contributed by atoms with Crippen LogP contribution in [0, 0.1) is 6.92 Å². The Bertz CT molecular complexity index is 660. The zero-order chi connectivity index (χ0) is 17.6. The summed E-state index contributed by atoms with van der Waals surface area (Å²) in [5.41, 5.74) is 2.47. The maximum Gasteiger partial charge on any atom is 0.121 e. The monoisotopic (exact) mass is 360 g/mol. The number of hydrogen-bond donors (Lipinski definition) is 1. The highest BCUT2D eigenvalue weighted by Crippen LogP contribution is 2.26. The van der Waals surface area contributed by atoms with Crippen LogP contribution in [-0.4, -0.2) is 44.4 Å². The van der Waals surface area contributed by atoms with Crippen LogP contribution in [0.4, 0.5) is 0 Å². The second-order valence-corrected chi connectivity index (χ2v) is 7.62. The Morgan fingerprint density at radius 2 is 2.28 bits per heavy atom. The van der Waals surface area contributed by atoms with Crippen molar-refractivity contribution in [3.05, 3.63) is 51.7 Å². The van der Waals surface area contributed by atoms with E-state index < -0.39 is 0 Å². The van der Waals surface area contributed by atoms with Gasteiger partial charge in [0, 0.05) is 31.1 Å². The Morgan fingerprint density at radius 3 is 2.96 bits per heavy atom. The summed E-state index contributed by atoms with van der Waals surface area (Å²) in [6, 6.07) is 11.2. The Hall–Kier alpha value is -1.40. The zero-order valence-electron chi connectivity index (χ0n) is 15.3. The number of rotatable bonds is 7. The summed E-state index contributed by atoms with van der Waals surface area (Å²) >= 11 is 1.84. The van der Waals surface area contributed by atoms with Gasteiger partial charge in [-0.3, -0.25) is 4.90 Å². The predicted molar refractivity (Wildman–Crippen MR) is 103 cm³/mol. The summed E-state index contributed by atoms with van der Waals surface area (Å²) in [7, 11) is 1.72. The van der Waals surface area contributed by atoms with Gasteiger partial charge in [0.05, 0.1) is 25.9 Å². The molecule has 1 aliphatic rings. The quantitative estimate of drug-likeness (QED) is 0.818. The first-order valence-corrected chi connectivity index (χ1v) is 9.78. The van der Waals surface area contributed by atoms with Gasteiger partial charge in [0.15, 0.2) is 0 Å². The molecule has 0 radical (unpaired) electrons. The number of ether oxygens (including phenoxy) is 2. The second-order valence-electron chi connectivity index (χ2n) is 6.64. The average Bonchev–Trinajstić information content (AvgIpc) is 3.13. The fourth-order valence-corrected chi connectivity index (χ4v) is 4.28. The minimum absolute atomic E-state index is 0.306. The number of nitrogens with zero attached hydrogens (tertiary/aromatic N) is 1. The van der Waals surface area contributed by atoms with E-state index >= 15 is 0 Å². The highest BCUT2D eigenvalue weighted by Gasteiger charge is 2.25. The third-order valence-corrected chi connectivity index (χ3v) is 5.68. The minimum Gasteiger partial charge on any atom is -0.496 e. The van der Waals surface area contributed by atoms with Crippen LogP contribution in [0.5, 0.6) is 5.75 Å². The lowest BCUT2D eigenvalue weighted by Crippen LogP contribution is -2.45. The smallest absolute Gasteiger partial charge is 0.121 e. The Morgan fingerprint density at radius 1 is 1.40 bits per heavy atom. The van der Waals surface area contributed by atoms with Crippen molar-refractivity contribution < 1.29 is 9.47 Å². The third-order valence-electron chi connectivity index (χ3n) is 4.71. The molecule has 0 aliphatic carbocycles. The average molecular weight is 361 g/mol. The summed E-state index contributed by atoms with van der Waals surface area (Å²) in [5.74, 6) is 0.947. The van der Waals surface area contributed by atoms with Crippen molar-refractivity contribution in [1.29, 1.82) is 0 Å². The van der Waals surface area contributed by atoms with E-state index in [2.05, 4.69) is 53.7 Å². The number of aryl methyl sites for hydroxylation is 1. The Balaban J connectivity index is 1.62. The topological polar surface area (TPSA) is 33.7 Å². The van der Waals surface area contributed by atoms with E-state index in [4.69, 9.17) is 9.47 Å². The largest absolute Gasteiger partial charge is 0.496 e. The van der Waals surface area contributed by atoms with Gasteiger partial charge in [0.1, 0.15) is 5.75 Å². The first-order valence-electron chi connectivity index (χ1n) is 8.90. The highest BCUT2D eigenvalue weighted by atomic mass is 32.1. The molecule has 5 heteroatoms. The summed E-state index contributed by atoms with van der Waals surface area (Å²) < 4.78 is 11.1. The minimum atomic E-state index is 0.306. The molecule has 3 rings (SSSR count). The number of hydrogen-bond acceptors (Lipinski definition) is 5. The SMILES string of the molecule is COc1ccc(CNCC(c2cccs2)N2CCOC(C)C2)cc1C. The standard InChI is InChI=1S/C20H28N2O2S/c1-15-11-17(6-7-19(15)23-3)12-21-13-18(20-5-4-10-25-20)22-8-9-24-16(2)14-22/h4-7,10-11,16,18,21H,8-9,12-14H2,1-3H3. The van der Waals surface area contributed by atoms with Crippen LogP contribution in [0.3, 0.4) is 0 Å². The molecular formula is C20H28N2O2S. The van der Waals surface area contributed by atoms with Crippen LogP contribution >= 0.6 is 11.3 Å². The van der Waals surface area contributed by atoms with Crippen molar-refractivity contribution in [2.24, 2.45) is 0 Å². The molecule has 2 unspecified atom stereocenters. The molecule has 1 saturated heterocycles. The lowest BCUT2D eigenvalue weighted by atomic mass is 10.1. The van der Waals surface area contributed by atoms with Crippen LogP contribution < -0.4 is 10.1 Å². The fraction of sp³-hybridized carbons (Fsp3) is 0.500. The van der Waals surface area contributed by atoms with Gasteiger partial charge < -0.3 is 14.8 Å². The molecule has 1 fully saturated rings. The predicted octanol–water partition coefficient (Wildman–Crippen LogP) is 3.62. The van der Waals surface area contributed by atoms with Crippen LogP contribution in [0.15, 0.2) is 35.7 Å². The zero-order valence-corrected chi connectivity index (χ0v) is 16.1. The van der Waals surface area contributed by atoms with E-state index in [1.165, 1.54) is 16.0 Å². The van der Waals surface area contributed by atoms with E-state index in [1.54, 1.807) is 7.11 Å². The van der Waals surface area contributed by atoms with E-state index in [0.29, 0.717) is 12.1 Å². The molecule has 1 N–H and O–H groups in total. The highest BCUT2D eigenvalue weighted by molar-refractivity contribution is 7.10. The maximum atomic E-state index is 5.71. The molecular weight excluding hydrogens is 332 g/mol. The fourth-order valence-electron chi connectivity index (χ4n) is 3.42. The van der Waals surface area contributed by atoms with E-state index in [0.717, 1.165) is 38.5 Å². The van der Waals surface area contributed by atoms with Crippen LogP contribution in [0.2, 0.25) is 0 Å². The van der Waals surface area contributed by atoms with Crippen LogP contribution in [0.1, 0.15) is 29.0 Å². The van der Waals surface area contributed by atoms with Gasteiger partial charge in [-0.15, -0.1) is 11.3 Å². The van der Waals surface area contributed by atoms with Crippen molar-refractivity contribution in [3.8, 4) is 5.75 Å². The molecule has 136 valence electrons. The first kappa shape index (κ1) is 18.4. The third kappa shape index (κ3) is 4.82. The molecule has 0 saturated carbocycles. The van der Waals surface area contributed by atoms with Crippen molar-refractivity contribution in [1.82, 2.24) is 10.2 Å². The summed E-state index contributed by atoms with van der Waals surface area (Å²) in [6.45, 7) is 8.87. The molecule has 2 heterocycles. The lowest BCUT2D eigenvalue weighted by molar-refractivity contribution is -0.0339. The van der Waals surface area contributed by atoms with Crippen LogP contribution in [0.25, 0.3) is 0 Å². The number of morpholine rings is 1. The van der Waals surface area contributed by atoms with Gasteiger partial charge in [0.2, 0.25) is 0 Å². The number of methoxy groups -OCH3 is 1. The van der Waals surface area contributed by atoms with Gasteiger partial charge in [-0.25, -0.2) is 0 Å². The molecule has 2 aromatic rings. The molecule has 1 aromatic heterocycles. The van der Waals surface area contributed by atoms with Gasteiger partial charge in [-0.05, 0) is 42.5 Å². The number of thiophene rings is 1. The van der Waals surface area contributed by atoms with Crippen molar-refractivity contribution in [3.63, 3.8) is 0 Å². The van der Waals surface area contributed by atoms with Crippen molar-refractivity contribution >= 4 is 11.3 Å². The van der Waals surface area contributed by atoms with Crippen LogP contribution in [-0.2, 0) is 11.3 Å². The van der Waals surface area contributed by atoms with Gasteiger partial charge in [-0.2, -0.15) is 0 Å². The Kier molecular flexibility index (Phi) is 6.48. The molecule has 4 nitrogen and oxygen atoms in total. The second kappa shape index (κ2) is 8.81. The van der Waals surface area contributed by atoms with Gasteiger partial charge in [-0.1, -0.05) is 18.2 Å². The molecule has 25 heavy (non-hydrogen) atoms. The number of nitrogens with one attached hydrogen (secondary N) is 1. The Labute approximate surface area is 154 Å². The molecule has 1 aliphatic heterocycles. The van der Waals surface area contributed by atoms with Crippen molar-refractivity contribution in [2.45, 2.75) is 32.5 Å². The molecule has 2 atom stereocenters. The molecule has 1 aromatic carbocycles.